The lowest BCUT2D eigenvalue weighted by Crippen LogP contribution is -2.45. The molecule has 9 heteroatoms. The van der Waals surface area contributed by atoms with E-state index < -0.39 is 5.92 Å². The Balaban J connectivity index is 1.44. The molecule has 2 aliphatic heterocycles. The van der Waals surface area contributed by atoms with Crippen LogP contribution in [0.2, 0.25) is 0 Å². The molecule has 1 aromatic carbocycles. The van der Waals surface area contributed by atoms with Crippen LogP contribution < -0.4 is 19.9 Å². The van der Waals surface area contributed by atoms with E-state index in [1.807, 2.05) is 38.1 Å². The summed E-state index contributed by atoms with van der Waals surface area (Å²) in [6.07, 6.45) is 0.177. The molecule has 0 spiro atoms. The van der Waals surface area contributed by atoms with Gasteiger partial charge in [0, 0.05) is 44.8 Å². The van der Waals surface area contributed by atoms with Crippen LogP contribution in [0.1, 0.15) is 17.8 Å². The molecule has 2 aromatic rings. The summed E-state index contributed by atoms with van der Waals surface area (Å²) in [5, 5.41) is 2.98. The lowest BCUT2D eigenvalue weighted by molar-refractivity contribution is -0.122. The zero-order chi connectivity index (χ0) is 22.8. The van der Waals surface area contributed by atoms with Crippen LogP contribution in [0.3, 0.4) is 0 Å². The topological polar surface area (TPSA) is 90.9 Å². The highest BCUT2D eigenvalue weighted by Crippen LogP contribution is 2.28. The number of nitrogens with one attached hydrogen (secondary N) is 1. The van der Waals surface area contributed by atoms with Crippen molar-refractivity contribution in [1.82, 2.24) is 14.9 Å². The first-order valence-corrected chi connectivity index (χ1v) is 10.9. The van der Waals surface area contributed by atoms with Crippen LogP contribution in [0.25, 0.3) is 0 Å². The van der Waals surface area contributed by atoms with Crippen LogP contribution in [0.5, 0.6) is 5.75 Å². The zero-order valence-electron chi connectivity index (χ0n) is 19.1. The molecule has 2 saturated heterocycles. The number of piperazine rings is 1. The number of anilines is 3. The highest BCUT2D eigenvalue weighted by Gasteiger charge is 2.35. The number of methoxy groups -OCH3 is 1. The van der Waals surface area contributed by atoms with Crippen LogP contribution >= 0.6 is 0 Å². The number of ether oxygens (including phenoxy) is 1. The van der Waals surface area contributed by atoms with E-state index in [4.69, 9.17) is 4.74 Å². The molecule has 2 fully saturated rings. The summed E-state index contributed by atoms with van der Waals surface area (Å²) in [7, 11) is 3.71. The van der Waals surface area contributed by atoms with E-state index >= 15 is 0 Å². The molecule has 1 N–H and O–H groups in total. The number of benzene rings is 1. The predicted molar refractivity (Wildman–Crippen MR) is 123 cm³/mol. The minimum Gasteiger partial charge on any atom is -0.497 e. The molecular weight excluding hydrogens is 408 g/mol. The van der Waals surface area contributed by atoms with Gasteiger partial charge in [0.05, 0.1) is 30.1 Å². The maximum Gasteiger partial charge on any atom is 0.229 e. The fourth-order valence-electron chi connectivity index (χ4n) is 4.15. The average molecular weight is 439 g/mol. The van der Waals surface area contributed by atoms with Gasteiger partial charge < -0.3 is 24.8 Å². The molecule has 9 nitrogen and oxygen atoms in total. The Kier molecular flexibility index (Phi) is 6.27. The predicted octanol–water partition coefficient (Wildman–Crippen LogP) is 1.85. The standard InChI is InChI=1S/C23H30N6O3/c1-15-21(16(2)25-23(24-15)28-11-9-27(3)10-12-28)26-22(31)17-13-20(30)29(14-17)18-5-7-19(32-4)8-6-18/h5-8,17H,9-14H2,1-4H3,(H,26,31). The minimum absolute atomic E-state index is 0.0644. The van der Waals surface area contributed by atoms with Gasteiger partial charge in [-0.1, -0.05) is 0 Å². The average Bonchev–Trinajstić information content (AvgIpc) is 3.18. The minimum atomic E-state index is -0.430. The number of nitrogens with zero attached hydrogens (tertiary/aromatic N) is 5. The van der Waals surface area contributed by atoms with Crippen LogP contribution in [0.4, 0.5) is 17.3 Å². The van der Waals surface area contributed by atoms with E-state index in [0.717, 1.165) is 49.0 Å². The molecule has 0 radical (unpaired) electrons. The first-order chi connectivity index (χ1) is 15.4. The van der Waals surface area contributed by atoms with Gasteiger partial charge >= 0.3 is 0 Å². The molecule has 1 atom stereocenters. The molecule has 1 unspecified atom stereocenters. The highest BCUT2D eigenvalue weighted by atomic mass is 16.5. The van der Waals surface area contributed by atoms with Gasteiger partial charge in [-0.15, -0.1) is 0 Å². The Labute approximate surface area is 188 Å². The number of hydrogen-bond donors (Lipinski definition) is 1. The number of hydrogen-bond acceptors (Lipinski definition) is 7. The smallest absolute Gasteiger partial charge is 0.229 e. The normalized spacial score (nSPS) is 19.4. The van der Waals surface area contributed by atoms with Crippen molar-refractivity contribution < 1.29 is 14.3 Å². The van der Waals surface area contributed by atoms with Crippen LogP contribution in [0.15, 0.2) is 24.3 Å². The van der Waals surface area contributed by atoms with Crippen molar-refractivity contribution in [2.24, 2.45) is 5.92 Å². The monoisotopic (exact) mass is 438 g/mol. The van der Waals surface area contributed by atoms with Crippen molar-refractivity contribution in [3.05, 3.63) is 35.7 Å². The van der Waals surface area contributed by atoms with Gasteiger partial charge in [0.25, 0.3) is 0 Å². The van der Waals surface area contributed by atoms with Gasteiger partial charge in [-0.2, -0.15) is 0 Å². The van der Waals surface area contributed by atoms with Crippen LogP contribution in [0, 0.1) is 19.8 Å². The molecule has 0 aliphatic carbocycles. The summed E-state index contributed by atoms with van der Waals surface area (Å²) in [6, 6.07) is 7.27. The highest BCUT2D eigenvalue weighted by molar-refractivity contribution is 6.03. The Morgan fingerprint density at radius 3 is 2.28 bits per heavy atom. The second-order valence-electron chi connectivity index (χ2n) is 8.45. The van der Waals surface area contributed by atoms with Crippen molar-refractivity contribution in [3.8, 4) is 5.75 Å². The van der Waals surface area contributed by atoms with Crippen LogP contribution in [-0.2, 0) is 9.59 Å². The lowest BCUT2D eigenvalue weighted by Gasteiger charge is -2.32. The van der Waals surface area contributed by atoms with E-state index in [1.54, 1.807) is 12.0 Å². The molecule has 170 valence electrons. The van der Waals surface area contributed by atoms with Gasteiger partial charge in [0.2, 0.25) is 17.8 Å². The second kappa shape index (κ2) is 9.12. The number of aryl methyl sites for hydroxylation is 2. The van der Waals surface area contributed by atoms with E-state index in [1.165, 1.54) is 0 Å². The SMILES string of the molecule is COc1ccc(N2CC(C(=O)Nc3c(C)nc(N4CCN(C)CC4)nc3C)CC2=O)cc1. The largest absolute Gasteiger partial charge is 0.497 e. The molecule has 0 saturated carbocycles. The lowest BCUT2D eigenvalue weighted by atomic mass is 10.1. The molecule has 32 heavy (non-hydrogen) atoms. The van der Waals surface area contributed by atoms with Crippen molar-refractivity contribution in [1.29, 1.82) is 0 Å². The Morgan fingerprint density at radius 1 is 1.06 bits per heavy atom. The maximum absolute atomic E-state index is 13.0. The molecule has 4 rings (SSSR count). The molecule has 2 amide bonds. The van der Waals surface area contributed by atoms with Crippen LogP contribution in [-0.4, -0.2) is 73.6 Å². The van der Waals surface area contributed by atoms with Gasteiger partial charge in [0.15, 0.2) is 0 Å². The third kappa shape index (κ3) is 4.52. The molecular formula is C23H30N6O3. The van der Waals surface area contributed by atoms with E-state index in [-0.39, 0.29) is 18.2 Å². The number of likely N-dealkylation sites (N-methyl/N-ethyl adjacent to an activating group) is 1. The fraction of sp³-hybridized carbons (Fsp3) is 0.478. The summed E-state index contributed by atoms with van der Waals surface area (Å²) in [6.45, 7) is 7.82. The Morgan fingerprint density at radius 2 is 1.69 bits per heavy atom. The number of rotatable bonds is 5. The number of aromatic nitrogens is 2. The number of carbonyl (C=O) groups is 2. The number of amides is 2. The van der Waals surface area contributed by atoms with E-state index in [0.29, 0.717) is 18.2 Å². The Hall–Kier alpha value is -3.20. The fourth-order valence-corrected chi connectivity index (χ4v) is 4.15. The molecule has 2 aliphatic rings. The van der Waals surface area contributed by atoms with Gasteiger partial charge in [-0.3, -0.25) is 9.59 Å². The van der Waals surface area contributed by atoms with Crippen molar-refractivity contribution >= 4 is 29.1 Å². The van der Waals surface area contributed by atoms with Gasteiger partial charge in [-0.05, 0) is 45.2 Å². The van der Waals surface area contributed by atoms with Crippen molar-refractivity contribution in [2.45, 2.75) is 20.3 Å². The third-order valence-corrected chi connectivity index (χ3v) is 6.17. The molecule has 1 aromatic heterocycles. The van der Waals surface area contributed by atoms with Gasteiger partial charge in [0.1, 0.15) is 5.75 Å². The zero-order valence-corrected chi connectivity index (χ0v) is 19.1. The van der Waals surface area contributed by atoms with Crippen molar-refractivity contribution in [2.75, 3.05) is 62.0 Å². The summed E-state index contributed by atoms with van der Waals surface area (Å²) in [5.74, 6) is 0.746. The van der Waals surface area contributed by atoms with E-state index in [9.17, 15) is 9.59 Å². The summed E-state index contributed by atoms with van der Waals surface area (Å²) >= 11 is 0. The molecule has 3 heterocycles. The maximum atomic E-state index is 13.0. The van der Waals surface area contributed by atoms with E-state index in [2.05, 4.69) is 32.1 Å². The summed E-state index contributed by atoms with van der Waals surface area (Å²) in [5.41, 5.74) is 2.86. The quantitative estimate of drug-likeness (QED) is 0.762. The molecule has 0 bridgehead atoms. The third-order valence-electron chi connectivity index (χ3n) is 6.17. The summed E-state index contributed by atoms with van der Waals surface area (Å²) in [4.78, 5) is 40.9. The Bertz CT molecular complexity index is 978. The second-order valence-corrected chi connectivity index (χ2v) is 8.45. The number of carbonyl (C=O) groups excluding carboxylic acids is 2. The first kappa shape index (κ1) is 22.0. The van der Waals surface area contributed by atoms with Crippen molar-refractivity contribution in [3.63, 3.8) is 0 Å². The first-order valence-electron chi connectivity index (χ1n) is 10.9. The summed E-state index contributed by atoms with van der Waals surface area (Å²) < 4.78 is 5.17. The van der Waals surface area contributed by atoms with Gasteiger partial charge in [-0.25, -0.2) is 9.97 Å².